The molecule has 0 unspecified atom stereocenters. The summed E-state index contributed by atoms with van der Waals surface area (Å²) in [5.74, 6) is 0. The minimum Gasteiger partial charge on any atom is -0.338 e. The van der Waals surface area contributed by atoms with E-state index in [1.165, 1.54) is 19.3 Å². The van der Waals surface area contributed by atoms with Crippen LogP contribution in [0.5, 0.6) is 0 Å². The van der Waals surface area contributed by atoms with Crippen molar-refractivity contribution in [3.63, 3.8) is 0 Å². The van der Waals surface area contributed by atoms with Gasteiger partial charge in [0.2, 0.25) is 0 Å². The molecule has 0 saturated heterocycles. The summed E-state index contributed by atoms with van der Waals surface area (Å²) in [6, 6.07) is 0.523. The van der Waals surface area contributed by atoms with Crippen LogP contribution in [-0.2, 0) is 0 Å². The Labute approximate surface area is 98.6 Å². The molecule has 0 spiro atoms. The van der Waals surface area contributed by atoms with Crippen LogP contribution in [0.3, 0.4) is 0 Å². The van der Waals surface area contributed by atoms with Crippen molar-refractivity contribution in [2.45, 2.75) is 51.5 Å². The van der Waals surface area contributed by atoms with Gasteiger partial charge in [0.05, 0.1) is 0 Å². The van der Waals surface area contributed by atoms with Crippen LogP contribution in [0.1, 0.15) is 45.4 Å². The lowest BCUT2D eigenvalue weighted by atomic mass is 9.94. The van der Waals surface area contributed by atoms with E-state index in [4.69, 9.17) is 5.73 Å². The summed E-state index contributed by atoms with van der Waals surface area (Å²) in [5, 5.41) is 2.90. The molecule has 0 radical (unpaired) electrons. The van der Waals surface area contributed by atoms with E-state index >= 15 is 0 Å². The standard InChI is InChI=1S/C12H25N3O/c1-2-14-12(16)15(10-6-9-13)11-7-4-3-5-8-11/h11H,2-10,13H2,1H3,(H,14,16). The lowest BCUT2D eigenvalue weighted by Crippen LogP contribution is -2.47. The van der Waals surface area contributed by atoms with E-state index in [-0.39, 0.29) is 6.03 Å². The molecule has 0 aliphatic heterocycles. The average Bonchev–Trinajstić information content (AvgIpc) is 2.31. The summed E-state index contributed by atoms with van der Waals surface area (Å²) >= 11 is 0. The van der Waals surface area contributed by atoms with Crippen LogP contribution in [0.15, 0.2) is 0 Å². The second-order valence-electron chi connectivity index (χ2n) is 4.46. The Kier molecular flexibility index (Phi) is 6.23. The predicted octanol–water partition coefficient (Wildman–Crippen LogP) is 1.70. The number of hydrogen-bond donors (Lipinski definition) is 2. The number of amides is 2. The normalized spacial score (nSPS) is 17.1. The maximum atomic E-state index is 11.9. The maximum Gasteiger partial charge on any atom is 0.317 e. The zero-order valence-corrected chi connectivity index (χ0v) is 10.4. The highest BCUT2D eigenvalue weighted by molar-refractivity contribution is 5.74. The molecule has 1 fully saturated rings. The Bertz CT molecular complexity index is 202. The number of nitrogens with one attached hydrogen (secondary N) is 1. The highest BCUT2D eigenvalue weighted by atomic mass is 16.2. The van der Waals surface area contributed by atoms with Crippen molar-refractivity contribution in [1.82, 2.24) is 10.2 Å². The molecule has 94 valence electrons. The quantitative estimate of drug-likeness (QED) is 0.751. The van der Waals surface area contributed by atoms with Crippen LogP contribution >= 0.6 is 0 Å². The van der Waals surface area contributed by atoms with Crippen molar-refractivity contribution < 1.29 is 4.79 Å². The van der Waals surface area contributed by atoms with Crippen LogP contribution < -0.4 is 11.1 Å². The molecule has 0 bridgehead atoms. The Morgan fingerprint density at radius 3 is 2.62 bits per heavy atom. The minimum atomic E-state index is 0.0860. The summed E-state index contributed by atoms with van der Waals surface area (Å²) in [5.41, 5.74) is 5.52. The first-order valence-corrected chi connectivity index (χ1v) is 6.54. The van der Waals surface area contributed by atoms with Gasteiger partial charge in [0.25, 0.3) is 0 Å². The average molecular weight is 227 g/mol. The number of hydrogen-bond acceptors (Lipinski definition) is 2. The molecule has 0 heterocycles. The van der Waals surface area contributed by atoms with Gasteiger partial charge in [0.15, 0.2) is 0 Å². The molecule has 0 atom stereocenters. The van der Waals surface area contributed by atoms with Gasteiger partial charge in [0, 0.05) is 19.1 Å². The maximum absolute atomic E-state index is 11.9. The van der Waals surface area contributed by atoms with Crippen molar-refractivity contribution in [2.75, 3.05) is 19.6 Å². The van der Waals surface area contributed by atoms with Crippen LogP contribution in [0, 0.1) is 0 Å². The molecule has 0 aromatic rings. The highest BCUT2D eigenvalue weighted by Crippen LogP contribution is 2.22. The first kappa shape index (κ1) is 13.3. The first-order chi connectivity index (χ1) is 7.79. The molecule has 1 aliphatic carbocycles. The van der Waals surface area contributed by atoms with Crippen molar-refractivity contribution >= 4 is 6.03 Å². The molecule has 1 aliphatic rings. The molecule has 3 N–H and O–H groups in total. The fraction of sp³-hybridized carbons (Fsp3) is 0.917. The summed E-state index contributed by atoms with van der Waals surface area (Å²) in [4.78, 5) is 13.9. The number of carbonyl (C=O) groups is 1. The fourth-order valence-electron chi connectivity index (χ4n) is 2.36. The largest absolute Gasteiger partial charge is 0.338 e. The molecular weight excluding hydrogens is 202 g/mol. The Morgan fingerprint density at radius 1 is 1.38 bits per heavy atom. The van der Waals surface area contributed by atoms with Crippen molar-refractivity contribution in [3.8, 4) is 0 Å². The zero-order chi connectivity index (χ0) is 11.8. The van der Waals surface area contributed by atoms with Crippen LogP contribution in [-0.4, -0.2) is 36.6 Å². The van der Waals surface area contributed by atoms with Gasteiger partial charge in [-0.3, -0.25) is 0 Å². The minimum absolute atomic E-state index is 0.0860. The van der Waals surface area contributed by atoms with E-state index in [1.54, 1.807) is 0 Å². The number of nitrogens with two attached hydrogens (primary N) is 1. The molecule has 4 nitrogen and oxygen atoms in total. The van der Waals surface area contributed by atoms with Gasteiger partial charge in [-0.15, -0.1) is 0 Å². The molecular formula is C12H25N3O. The van der Waals surface area contributed by atoms with Crippen molar-refractivity contribution in [1.29, 1.82) is 0 Å². The van der Waals surface area contributed by atoms with E-state index in [1.807, 2.05) is 11.8 Å². The summed E-state index contributed by atoms with van der Waals surface area (Å²) in [6.07, 6.45) is 7.03. The van der Waals surface area contributed by atoms with Gasteiger partial charge in [0.1, 0.15) is 0 Å². The highest BCUT2D eigenvalue weighted by Gasteiger charge is 2.24. The van der Waals surface area contributed by atoms with Gasteiger partial charge < -0.3 is 16.0 Å². The van der Waals surface area contributed by atoms with Crippen molar-refractivity contribution in [2.24, 2.45) is 5.73 Å². The Balaban J connectivity index is 2.50. The third-order valence-electron chi connectivity index (χ3n) is 3.21. The Hall–Kier alpha value is -0.770. The molecule has 0 aromatic carbocycles. The number of carbonyl (C=O) groups excluding carboxylic acids is 1. The second-order valence-corrected chi connectivity index (χ2v) is 4.46. The fourth-order valence-corrected chi connectivity index (χ4v) is 2.36. The SMILES string of the molecule is CCNC(=O)N(CCCN)C1CCCCC1. The van der Waals surface area contributed by atoms with Gasteiger partial charge in [-0.05, 0) is 32.7 Å². The van der Waals surface area contributed by atoms with Crippen LogP contribution in [0.25, 0.3) is 0 Å². The number of nitrogens with zero attached hydrogens (tertiary/aromatic N) is 1. The monoisotopic (exact) mass is 227 g/mol. The molecule has 2 amide bonds. The van der Waals surface area contributed by atoms with Gasteiger partial charge in [-0.25, -0.2) is 4.79 Å². The second kappa shape index (κ2) is 7.49. The lowest BCUT2D eigenvalue weighted by molar-refractivity contribution is 0.155. The smallest absolute Gasteiger partial charge is 0.317 e. The van der Waals surface area contributed by atoms with E-state index in [0.29, 0.717) is 19.1 Å². The number of urea groups is 1. The Morgan fingerprint density at radius 2 is 2.06 bits per heavy atom. The summed E-state index contributed by atoms with van der Waals surface area (Å²) in [6.45, 7) is 4.11. The lowest BCUT2D eigenvalue weighted by Gasteiger charge is -2.34. The van der Waals surface area contributed by atoms with Gasteiger partial charge >= 0.3 is 6.03 Å². The summed E-state index contributed by atoms with van der Waals surface area (Å²) < 4.78 is 0. The molecule has 16 heavy (non-hydrogen) atoms. The predicted molar refractivity (Wildman–Crippen MR) is 66.3 cm³/mol. The third-order valence-corrected chi connectivity index (χ3v) is 3.21. The topological polar surface area (TPSA) is 58.4 Å². The molecule has 0 aromatic heterocycles. The summed E-state index contributed by atoms with van der Waals surface area (Å²) in [7, 11) is 0. The molecule has 4 heteroatoms. The van der Waals surface area contributed by atoms with Crippen LogP contribution in [0.4, 0.5) is 4.79 Å². The molecule has 1 rings (SSSR count). The first-order valence-electron chi connectivity index (χ1n) is 6.54. The van der Waals surface area contributed by atoms with Crippen molar-refractivity contribution in [3.05, 3.63) is 0 Å². The number of rotatable bonds is 5. The van der Waals surface area contributed by atoms with Gasteiger partial charge in [-0.2, -0.15) is 0 Å². The van der Waals surface area contributed by atoms with Gasteiger partial charge in [-0.1, -0.05) is 19.3 Å². The van der Waals surface area contributed by atoms with E-state index in [9.17, 15) is 4.79 Å². The van der Waals surface area contributed by atoms with E-state index in [0.717, 1.165) is 25.8 Å². The van der Waals surface area contributed by atoms with Crippen LogP contribution in [0.2, 0.25) is 0 Å². The third kappa shape index (κ3) is 4.00. The van der Waals surface area contributed by atoms with E-state index < -0.39 is 0 Å². The van der Waals surface area contributed by atoms with E-state index in [2.05, 4.69) is 5.32 Å². The zero-order valence-electron chi connectivity index (χ0n) is 10.4. The molecule has 1 saturated carbocycles.